The fourth-order valence-electron chi connectivity index (χ4n) is 3.55. The van der Waals surface area contributed by atoms with E-state index < -0.39 is 0 Å². The first-order valence-electron chi connectivity index (χ1n) is 11.1. The Morgan fingerprint density at radius 3 is 2.56 bits per heavy atom. The molecule has 0 unspecified atom stereocenters. The summed E-state index contributed by atoms with van der Waals surface area (Å²) >= 11 is 0. The van der Waals surface area contributed by atoms with Crippen molar-refractivity contribution in [2.24, 2.45) is 0 Å². The van der Waals surface area contributed by atoms with Crippen molar-refractivity contribution >= 4 is 34.8 Å². The van der Waals surface area contributed by atoms with Crippen molar-refractivity contribution in [2.45, 2.75) is 45.4 Å². The Hall–Kier alpha value is -4.01. The lowest BCUT2D eigenvalue weighted by Gasteiger charge is -2.29. The van der Waals surface area contributed by atoms with Gasteiger partial charge in [-0.1, -0.05) is 38.1 Å². The molecule has 9 nitrogen and oxygen atoms in total. The number of rotatable bonds is 6. The summed E-state index contributed by atoms with van der Waals surface area (Å²) in [5, 5.41) is 9.59. The van der Waals surface area contributed by atoms with Crippen LogP contribution in [0.5, 0.6) is 0 Å². The van der Waals surface area contributed by atoms with Gasteiger partial charge < -0.3 is 15.2 Å². The Morgan fingerprint density at radius 1 is 1.12 bits per heavy atom. The highest BCUT2D eigenvalue weighted by atomic mass is 16.5. The molecule has 9 heteroatoms. The highest BCUT2D eigenvalue weighted by Crippen LogP contribution is 2.30. The molecule has 2 heterocycles. The maximum Gasteiger partial charge on any atom is 0.258 e. The minimum atomic E-state index is -0.283. The van der Waals surface area contributed by atoms with Crippen LogP contribution in [-0.2, 0) is 21.4 Å². The first-order chi connectivity index (χ1) is 16.2. The van der Waals surface area contributed by atoms with Gasteiger partial charge in [0.2, 0.25) is 17.7 Å². The van der Waals surface area contributed by atoms with E-state index in [2.05, 4.69) is 20.8 Å². The topological polar surface area (TPSA) is 117 Å². The number of benzene rings is 2. The number of aryl methyl sites for hydroxylation is 1. The zero-order chi connectivity index (χ0) is 24.3. The van der Waals surface area contributed by atoms with E-state index >= 15 is 0 Å². The molecule has 0 atom stereocenters. The normalized spacial score (nSPS) is 13.3. The van der Waals surface area contributed by atoms with Gasteiger partial charge in [-0.3, -0.25) is 19.3 Å². The lowest BCUT2D eigenvalue weighted by Crippen LogP contribution is -2.42. The van der Waals surface area contributed by atoms with Crippen LogP contribution in [0.25, 0.3) is 0 Å². The largest absolute Gasteiger partial charge is 0.339 e. The zero-order valence-electron chi connectivity index (χ0n) is 19.4. The third-order valence-electron chi connectivity index (χ3n) is 5.36. The molecule has 2 N–H and O–H groups in total. The van der Waals surface area contributed by atoms with Crippen molar-refractivity contribution in [2.75, 3.05) is 22.1 Å². The Labute approximate surface area is 197 Å². The standard InChI is InChI=1S/C25H27N5O4/c1-25(2,3)24-28-22(34-29-24)10-6-9-20(31)26-17-13-11-16(12-14-17)23(33)30-15-21(32)27-18-7-4-5-8-19(18)30/h4-5,7-8,11-14H,6,9-10,15H2,1-3H3,(H,26,31)(H,27,32). The number of carbonyl (C=O) groups excluding carboxylic acids is 3. The highest BCUT2D eigenvalue weighted by Gasteiger charge is 2.27. The van der Waals surface area contributed by atoms with E-state index in [1.165, 1.54) is 4.90 Å². The molecule has 0 spiro atoms. The van der Waals surface area contributed by atoms with E-state index in [0.717, 1.165) is 0 Å². The molecular weight excluding hydrogens is 434 g/mol. The monoisotopic (exact) mass is 461 g/mol. The molecule has 1 aromatic heterocycles. The smallest absolute Gasteiger partial charge is 0.258 e. The van der Waals surface area contributed by atoms with E-state index in [4.69, 9.17) is 4.52 Å². The first-order valence-corrected chi connectivity index (χ1v) is 11.1. The highest BCUT2D eigenvalue weighted by molar-refractivity contribution is 6.15. The van der Waals surface area contributed by atoms with E-state index in [-0.39, 0.29) is 29.7 Å². The van der Waals surface area contributed by atoms with Crippen molar-refractivity contribution in [1.82, 2.24) is 10.1 Å². The molecule has 0 saturated carbocycles. The number of fused-ring (bicyclic) bond motifs is 1. The van der Waals surface area contributed by atoms with Gasteiger partial charge >= 0.3 is 0 Å². The molecule has 0 saturated heterocycles. The second-order valence-corrected chi connectivity index (χ2v) is 9.20. The molecule has 1 aliphatic heterocycles. The Morgan fingerprint density at radius 2 is 1.85 bits per heavy atom. The molecule has 3 amide bonds. The number of aromatic nitrogens is 2. The lowest BCUT2D eigenvalue weighted by atomic mass is 9.96. The van der Waals surface area contributed by atoms with Crippen LogP contribution in [0.2, 0.25) is 0 Å². The number of hydrogen-bond acceptors (Lipinski definition) is 6. The van der Waals surface area contributed by atoms with Gasteiger partial charge in [-0.2, -0.15) is 4.98 Å². The average molecular weight is 462 g/mol. The van der Waals surface area contributed by atoms with Gasteiger partial charge in [-0.05, 0) is 42.8 Å². The minimum Gasteiger partial charge on any atom is -0.339 e. The van der Waals surface area contributed by atoms with Crippen molar-refractivity contribution in [1.29, 1.82) is 0 Å². The second kappa shape index (κ2) is 9.46. The molecule has 0 aliphatic carbocycles. The van der Waals surface area contributed by atoms with Crippen molar-refractivity contribution < 1.29 is 18.9 Å². The molecule has 0 bridgehead atoms. The third-order valence-corrected chi connectivity index (χ3v) is 5.36. The van der Waals surface area contributed by atoms with E-state index in [1.807, 2.05) is 26.8 Å². The van der Waals surface area contributed by atoms with Gasteiger partial charge in [0.05, 0.1) is 11.4 Å². The summed E-state index contributed by atoms with van der Waals surface area (Å²) in [7, 11) is 0. The van der Waals surface area contributed by atoms with E-state index in [0.29, 0.717) is 53.6 Å². The first kappa shape index (κ1) is 23.2. The molecule has 0 radical (unpaired) electrons. The van der Waals surface area contributed by atoms with Crippen LogP contribution in [0.4, 0.5) is 17.1 Å². The molecule has 3 aromatic rings. The fraction of sp³-hybridized carbons (Fsp3) is 0.320. The number of para-hydroxylation sites is 2. The number of carbonyl (C=O) groups is 3. The summed E-state index contributed by atoms with van der Waals surface area (Å²) in [4.78, 5) is 43.2. The fourth-order valence-corrected chi connectivity index (χ4v) is 3.55. The van der Waals surface area contributed by atoms with Gasteiger partial charge in [-0.25, -0.2) is 0 Å². The molecule has 34 heavy (non-hydrogen) atoms. The van der Waals surface area contributed by atoms with E-state index in [1.54, 1.807) is 42.5 Å². The molecule has 4 rings (SSSR count). The van der Waals surface area contributed by atoms with Crippen molar-refractivity contribution in [3.63, 3.8) is 0 Å². The van der Waals surface area contributed by atoms with Crippen LogP contribution in [0.3, 0.4) is 0 Å². The van der Waals surface area contributed by atoms with Crippen molar-refractivity contribution in [3.05, 3.63) is 65.8 Å². The van der Waals surface area contributed by atoms with Crippen LogP contribution < -0.4 is 15.5 Å². The number of nitrogens with zero attached hydrogens (tertiary/aromatic N) is 3. The SMILES string of the molecule is CC(C)(C)c1noc(CCCC(=O)Nc2ccc(C(=O)N3CC(=O)Nc4ccccc43)cc2)n1. The number of amides is 3. The summed E-state index contributed by atoms with van der Waals surface area (Å²) in [6, 6.07) is 13.8. The Kier molecular flexibility index (Phi) is 6.45. The number of nitrogens with one attached hydrogen (secondary N) is 2. The quantitative estimate of drug-likeness (QED) is 0.574. The van der Waals surface area contributed by atoms with Gasteiger partial charge in [-0.15, -0.1) is 0 Å². The molecular formula is C25H27N5O4. The van der Waals surface area contributed by atoms with Crippen LogP contribution in [0.1, 0.15) is 55.7 Å². The summed E-state index contributed by atoms with van der Waals surface area (Å²) in [6.45, 7) is 5.98. The number of anilines is 3. The predicted molar refractivity (Wildman–Crippen MR) is 128 cm³/mol. The summed E-state index contributed by atoms with van der Waals surface area (Å²) < 4.78 is 5.25. The second-order valence-electron chi connectivity index (χ2n) is 9.20. The van der Waals surface area contributed by atoms with Crippen LogP contribution in [-0.4, -0.2) is 34.4 Å². The van der Waals surface area contributed by atoms with Gasteiger partial charge in [0.25, 0.3) is 5.91 Å². The Balaban J connectivity index is 1.31. The third kappa shape index (κ3) is 5.31. The Bertz CT molecular complexity index is 1210. The predicted octanol–water partition coefficient (Wildman–Crippen LogP) is 3.93. The van der Waals surface area contributed by atoms with Gasteiger partial charge in [0, 0.05) is 29.5 Å². The van der Waals surface area contributed by atoms with E-state index in [9.17, 15) is 14.4 Å². The van der Waals surface area contributed by atoms with Crippen LogP contribution in [0, 0.1) is 0 Å². The average Bonchev–Trinajstić information content (AvgIpc) is 3.28. The maximum absolute atomic E-state index is 13.0. The van der Waals surface area contributed by atoms with Crippen molar-refractivity contribution in [3.8, 4) is 0 Å². The number of hydrogen-bond donors (Lipinski definition) is 2. The molecule has 176 valence electrons. The summed E-state index contributed by atoms with van der Waals surface area (Å²) in [5.41, 5.74) is 2.09. The van der Waals surface area contributed by atoms with Crippen LogP contribution >= 0.6 is 0 Å². The molecule has 0 fully saturated rings. The lowest BCUT2D eigenvalue weighted by molar-refractivity contribution is -0.116. The molecule has 2 aromatic carbocycles. The van der Waals surface area contributed by atoms with Crippen LogP contribution in [0.15, 0.2) is 53.1 Å². The summed E-state index contributed by atoms with van der Waals surface area (Å²) in [6.07, 6.45) is 1.40. The zero-order valence-corrected chi connectivity index (χ0v) is 19.4. The van der Waals surface area contributed by atoms with Gasteiger partial charge in [0.1, 0.15) is 6.54 Å². The summed E-state index contributed by atoms with van der Waals surface area (Å²) in [5.74, 6) is 0.500. The minimum absolute atomic E-state index is 0.0500. The van der Waals surface area contributed by atoms with Gasteiger partial charge in [0.15, 0.2) is 5.82 Å². The maximum atomic E-state index is 13.0. The molecule has 1 aliphatic rings.